The molecule has 2 aromatic rings. The van der Waals surface area contributed by atoms with E-state index in [1.54, 1.807) is 30.3 Å². The van der Waals surface area contributed by atoms with Crippen molar-refractivity contribution >= 4 is 16.9 Å². The fraction of sp³-hybridized carbons (Fsp3) is 0.357. The molecule has 0 aromatic carbocycles. The molecule has 0 aliphatic carbocycles. The molecular formula is C14H15N3O2. The van der Waals surface area contributed by atoms with Crippen molar-refractivity contribution in [2.45, 2.75) is 12.8 Å². The summed E-state index contributed by atoms with van der Waals surface area (Å²) in [6.45, 7) is 1.49. The van der Waals surface area contributed by atoms with Crippen LogP contribution >= 0.6 is 0 Å². The van der Waals surface area contributed by atoms with Crippen LogP contribution in [-0.2, 0) is 7.05 Å². The average molecular weight is 257 g/mol. The molecule has 3 heterocycles. The van der Waals surface area contributed by atoms with E-state index in [2.05, 4.69) is 4.98 Å². The van der Waals surface area contributed by atoms with Crippen LogP contribution in [0.4, 0.5) is 0 Å². The lowest BCUT2D eigenvalue weighted by atomic mass is 10.2. The third-order valence-electron chi connectivity index (χ3n) is 3.59. The van der Waals surface area contributed by atoms with Crippen LogP contribution in [0, 0.1) is 0 Å². The zero-order valence-corrected chi connectivity index (χ0v) is 10.8. The van der Waals surface area contributed by atoms with Crippen molar-refractivity contribution in [3.8, 4) is 0 Å². The first-order valence-corrected chi connectivity index (χ1v) is 6.42. The summed E-state index contributed by atoms with van der Waals surface area (Å²) in [6, 6.07) is 5.32. The highest BCUT2D eigenvalue weighted by Gasteiger charge is 2.23. The van der Waals surface area contributed by atoms with Gasteiger partial charge in [-0.25, -0.2) is 4.98 Å². The number of carbonyl (C=O) groups excluding carboxylic acids is 1. The topological polar surface area (TPSA) is 55.2 Å². The number of fused-ring (bicyclic) bond motifs is 1. The Kier molecular flexibility index (Phi) is 2.81. The van der Waals surface area contributed by atoms with E-state index in [0.29, 0.717) is 5.65 Å². The minimum Gasteiger partial charge on any atom is -0.338 e. The molecule has 0 spiro atoms. The molecule has 1 saturated heterocycles. The Balaban J connectivity index is 2.16. The maximum atomic E-state index is 12.4. The van der Waals surface area contributed by atoms with Gasteiger partial charge < -0.3 is 4.90 Å². The molecule has 3 rings (SSSR count). The van der Waals surface area contributed by atoms with Crippen LogP contribution in [0.1, 0.15) is 23.2 Å². The maximum Gasteiger partial charge on any atom is 0.264 e. The quantitative estimate of drug-likeness (QED) is 0.770. The van der Waals surface area contributed by atoms with Gasteiger partial charge in [-0.3, -0.25) is 14.2 Å². The fourth-order valence-corrected chi connectivity index (χ4v) is 2.54. The van der Waals surface area contributed by atoms with E-state index in [-0.39, 0.29) is 17.0 Å². The predicted octanol–water partition coefficient (Wildman–Crippen LogP) is 1.17. The molecule has 98 valence electrons. The van der Waals surface area contributed by atoms with Crippen LogP contribution in [0.5, 0.6) is 0 Å². The zero-order valence-electron chi connectivity index (χ0n) is 10.8. The number of aromatic nitrogens is 2. The van der Waals surface area contributed by atoms with Crippen molar-refractivity contribution in [3.63, 3.8) is 0 Å². The smallest absolute Gasteiger partial charge is 0.264 e. The molecular weight excluding hydrogens is 242 g/mol. The van der Waals surface area contributed by atoms with Gasteiger partial charge in [0.15, 0.2) is 0 Å². The van der Waals surface area contributed by atoms with Crippen molar-refractivity contribution in [1.82, 2.24) is 14.5 Å². The number of pyridine rings is 2. The number of carbonyl (C=O) groups is 1. The molecule has 0 N–H and O–H groups in total. The van der Waals surface area contributed by atoms with Gasteiger partial charge in [-0.05, 0) is 31.0 Å². The first-order chi connectivity index (χ1) is 9.18. The number of hydrogen-bond acceptors (Lipinski definition) is 3. The molecule has 1 amide bonds. The summed E-state index contributed by atoms with van der Waals surface area (Å²) in [7, 11) is 1.65. The zero-order chi connectivity index (χ0) is 13.4. The number of likely N-dealkylation sites (tertiary alicyclic amines) is 1. The molecule has 2 aromatic heterocycles. The van der Waals surface area contributed by atoms with Gasteiger partial charge in [-0.2, -0.15) is 0 Å². The van der Waals surface area contributed by atoms with E-state index < -0.39 is 0 Å². The summed E-state index contributed by atoms with van der Waals surface area (Å²) in [5, 5.41) is 0.812. The van der Waals surface area contributed by atoms with E-state index in [9.17, 15) is 9.59 Å². The molecule has 1 aliphatic rings. The fourth-order valence-electron chi connectivity index (χ4n) is 2.54. The largest absolute Gasteiger partial charge is 0.338 e. The van der Waals surface area contributed by atoms with E-state index in [1.807, 2.05) is 6.07 Å². The van der Waals surface area contributed by atoms with Gasteiger partial charge >= 0.3 is 0 Å². The Bertz CT molecular complexity index is 699. The number of rotatable bonds is 1. The minimum absolute atomic E-state index is 0.163. The van der Waals surface area contributed by atoms with Crippen LogP contribution in [0.2, 0.25) is 0 Å². The number of nitrogens with zero attached hydrogens (tertiary/aromatic N) is 3. The maximum absolute atomic E-state index is 12.4. The van der Waals surface area contributed by atoms with Crippen molar-refractivity contribution in [2.24, 2.45) is 7.05 Å². The van der Waals surface area contributed by atoms with Gasteiger partial charge in [0.05, 0.1) is 0 Å². The SMILES string of the molecule is Cn1c(=O)c(C(=O)N2CCCC2)cc2cccnc21. The van der Waals surface area contributed by atoms with Crippen LogP contribution < -0.4 is 5.56 Å². The Hall–Kier alpha value is -2.17. The van der Waals surface area contributed by atoms with Gasteiger partial charge in [0.2, 0.25) is 0 Å². The second kappa shape index (κ2) is 4.50. The average Bonchev–Trinajstić information content (AvgIpc) is 2.96. The van der Waals surface area contributed by atoms with Gasteiger partial charge in [-0.1, -0.05) is 0 Å². The van der Waals surface area contributed by atoms with E-state index in [0.717, 1.165) is 31.3 Å². The first-order valence-electron chi connectivity index (χ1n) is 6.42. The molecule has 0 atom stereocenters. The summed E-state index contributed by atoms with van der Waals surface area (Å²) in [4.78, 5) is 30.5. The molecule has 0 unspecified atom stereocenters. The van der Waals surface area contributed by atoms with Crippen molar-refractivity contribution in [3.05, 3.63) is 40.3 Å². The van der Waals surface area contributed by atoms with Crippen LogP contribution in [0.15, 0.2) is 29.2 Å². The Morgan fingerprint density at radius 2 is 2.05 bits per heavy atom. The summed E-state index contributed by atoms with van der Waals surface area (Å²) in [5.41, 5.74) is 0.568. The lowest BCUT2D eigenvalue weighted by molar-refractivity contribution is 0.0791. The van der Waals surface area contributed by atoms with Gasteiger partial charge in [0.1, 0.15) is 11.2 Å². The molecule has 5 heteroatoms. The standard InChI is InChI=1S/C14H15N3O2/c1-16-12-10(5-4-6-15-12)9-11(13(16)18)14(19)17-7-2-3-8-17/h4-6,9H,2-3,7-8H2,1H3. The normalized spacial score (nSPS) is 15.1. The van der Waals surface area contributed by atoms with Crippen molar-refractivity contribution in [1.29, 1.82) is 0 Å². The Morgan fingerprint density at radius 1 is 1.32 bits per heavy atom. The van der Waals surface area contributed by atoms with Gasteiger partial charge in [-0.15, -0.1) is 0 Å². The Morgan fingerprint density at radius 3 is 2.79 bits per heavy atom. The van der Waals surface area contributed by atoms with Crippen LogP contribution in [-0.4, -0.2) is 33.4 Å². The third-order valence-corrected chi connectivity index (χ3v) is 3.59. The molecule has 1 aliphatic heterocycles. The van der Waals surface area contributed by atoms with Gasteiger partial charge in [0, 0.05) is 31.7 Å². The summed E-state index contributed by atoms with van der Waals surface area (Å²) >= 11 is 0. The third kappa shape index (κ3) is 1.91. The molecule has 19 heavy (non-hydrogen) atoms. The highest BCUT2D eigenvalue weighted by atomic mass is 16.2. The lowest BCUT2D eigenvalue weighted by Crippen LogP contribution is -2.34. The monoisotopic (exact) mass is 257 g/mol. The Labute approximate surface area is 110 Å². The first kappa shape index (κ1) is 11.9. The minimum atomic E-state index is -0.275. The molecule has 1 fully saturated rings. The highest BCUT2D eigenvalue weighted by Crippen LogP contribution is 2.14. The van der Waals surface area contributed by atoms with Crippen LogP contribution in [0.3, 0.4) is 0 Å². The predicted molar refractivity (Wildman–Crippen MR) is 72.1 cm³/mol. The second-order valence-corrected chi connectivity index (χ2v) is 4.84. The van der Waals surface area contributed by atoms with Crippen molar-refractivity contribution in [2.75, 3.05) is 13.1 Å². The van der Waals surface area contributed by atoms with Crippen LogP contribution in [0.25, 0.3) is 11.0 Å². The van der Waals surface area contributed by atoms with Gasteiger partial charge in [0.25, 0.3) is 11.5 Å². The molecule has 0 radical (unpaired) electrons. The highest BCUT2D eigenvalue weighted by molar-refractivity contribution is 5.97. The van der Waals surface area contributed by atoms with E-state index in [4.69, 9.17) is 0 Å². The number of aryl methyl sites for hydroxylation is 1. The summed E-state index contributed by atoms with van der Waals surface area (Å²) in [5.74, 6) is -0.163. The molecule has 0 bridgehead atoms. The number of hydrogen-bond donors (Lipinski definition) is 0. The van der Waals surface area contributed by atoms with E-state index >= 15 is 0 Å². The summed E-state index contributed by atoms with van der Waals surface area (Å²) in [6.07, 6.45) is 3.67. The second-order valence-electron chi connectivity index (χ2n) is 4.84. The number of amides is 1. The molecule has 5 nitrogen and oxygen atoms in total. The molecule has 0 saturated carbocycles. The van der Waals surface area contributed by atoms with E-state index in [1.165, 1.54) is 4.57 Å². The summed E-state index contributed by atoms with van der Waals surface area (Å²) < 4.78 is 1.44. The lowest BCUT2D eigenvalue weighted by Gasteiger charge is -2.15. The van der Waals surface area contributed by atoms with Crippen molar-refractivity contribution < 1.29 is 4.79 Å².